The molecule has 0 bridgehead atoms. The summed E-state index contributed by atoms with van der Waals surface area (Å²) in [4.78, 5) is 4.22. The van der Waals surface area contributed by atoms with Crippen molar-refractivity contribution < 1.29 is 4.74 Å². The van der Waals surface area contributed by atoms with Gasteiger partial charge in [-0.15, -0.1) is 24.0 Å². The van der Waals surface area contributed by atoms with Gasteiger partial charge in [0.25, 0.3) is 0 Å². The molecular weight excluding hydrogens is 381 g/mol. The SMILES string of the molecule is CN=C(NCCCn1cccn1)NCCC1CCCO1.I. The predicted octanol–water partition coefficient (Wildman–Crippen LogP) is 1.63. The van der Waals surface area contributed by atoms with E-state index < -0.39 is 0 Å². The number of guanidine groups is 1. The lowest BCUT2D eigenvalue weighted by atomic mass is 10.2. The van der Waals surface area contributed by atoms with E-state index in [0.29, 0.717) is 6.10 Å². The highest BCUT2D eigenvalue weighted by atomic mass is 127. The fourth-order valence-corrected chi connectivity index (χ4v) is 2.32. The minimum absolute atomic E-state index is 0. The number of aryl methyl sites for hydroxylation is 1. The molecule has 2 rings (SSSR count). The average molecular weight is 407 g/mol. The van der Waals surface area contributed by atoms with Crippen LogP contribution in [0.5, 0.6) is 0 Å². The van der Waals surface area contributed by atoms with Gasteiger partial charge in [0.2, 0.25) is 0 Å². The highest BCUT2D eigenvalue weighted by molar-refractivity contribution is 14.0. The van der Waals surface area contributed by atoms with Crippen molar-refractivity contribution >= 4 is 29.9 Å². The van der Waals surface area contributed by atoms with Crippen molar-refractivity contribution in [2.24, 2.45) is 4.99 Å². The Morgan fingerprint density at radius 2 is 2.29 bits per heavy atom. The van der Waals surface area contributed by atoms with Crippen LogP contribution in [-0.2, 0) is 11.3 Å². The Balaban J connectivity index is 0.00000220. The fourth-order valence-electron chi connectivity index (χ4n) is 2.32. The van der Waals surface area contributed by atoms with Gasteiger partial charge < -0.3 is 15.4 Å². The van der Waals surface area contributed by atoms with Crippen LogP contribution in [0.4, 0.5) is 0 Å². The number of hydrogen-bond donors (Lipinski definition) is 2. The highest BCUT2D eigenvalue weighted by Gasteiger charge is 2.14. The standard InChI is InChI=1S/C14H25N5O.HI/c1-15-14(17-9-6-13-5-2-12-20-13)16-7-3-10-19-11-4-8-18-19;/h4,8,11,13H,2-3,5-7,9-10,12H2,1H3,(H2,15,16,17);1H. The second-order valence-electron chi connectivity index (χ2n) is 4.97. The second kappa shape index (κ2) is 10.8. The van der Waals surface area contributed by atoms with E-state index in [1.807, 2.05) is 16.9 Å². The molecule has 0 radical (unpaired) electrons. The summed E-state index contributed by atoms with van der Waals surface area (Å²) in [5.74, 6) is 0.864. The summed E-state index contributed by atoms with van der Waals surface area (Å²) in [6, 6.07) is 1.94. The summed E-state index contributed by atoms with van der Waals surface area (Å²) >= 11 is 0. The number of ether oxygens (including phenoxy) is 1. The summed E-state index contributed by atoms with van der Waals surface area (Å²) in [5, 5.41) is 10.8. The Kier molecular flexibility index (Phi) is 9.40. The van der Waals surface area contributed by atoms with Crippen LogP contribution in [0.15, 0.2) is 23.5 Å². The van der Waals surface area contributed by atoms with Crippen molar-refractivity contribution in [3.05, 3.63) is 18.5 Å². The van der Waals surface area contributed by atoms with Crippen molar-refractivity contribution in [2.45, 2.75) is 38.3 Å². The number of halogens is 1. The molecule has 1 aliphatic rings. The van der Waals surface area contributed by atoms with Crippen molar-refractivity contribution in [3.63, 3.8) is 0 Å². The van der Waals surface area contributed by atoms with Crippen LogP contribution >= 0.6 is 24.0 Å². The molecule has 0 aromatic carbocycles. The Hall–Kier alpha value is -0.830. The van der Waals surface area contributed by atoms with Crippen LogP contribution in [0.3, 0.4) is 0 Å². The summed E-state index contributed by atoms with van der Waals surface area (Å²) < 4.78 is 7.54. The van der Waals surface area contributed by atoms with Crippen molar-refractivity contribution in [3.8, 4) is 0 Å². The molecule has 2 heterocycles. The predicted molar refractivity (Wildman–Crippen MR) is 95.2 cm³/mol. The summed E-state index contributed by atoms with van der Waals surface area (Å²) in [5.41, 5.74) is 0. The van der Waals surface area contributed by atoms with Crippen LogP contribution in [0.1, 0.15) is 25.7 Å². The van der Waals surface area contributed by atoms with Gasteiger partial charge in [0, 0.05) is 45.7 Å². The molecule has 2 N–H and O–H groups in total. The fraction of sp³-hybridized carbons (Fsp3) is 0.714. The molecule has 0 spiro atoms. The third kappa shape index (κ3) is 7.12. The first-order chi connectivity index (χ1) is 9.88. The van der Waals surface area contributed by atoms with Crippen LogP contribution in [0.25, 0.3) is 0 Å². The molecule has 1 aromatic rings. The van der Waals surface area contributed by atoms with Crippen LogP contribution in [-0.4, -0.2) is 48.6 Å². The molecular formula is C14H26IN5O. The first-order valence-electron chi connectivity index (χ1n) is 7.42. The van der Waals surface area contributed by atoms with Crippen LogP contribution in [0, 0.1) is 0 Å². The minimum Gasteiger partial charge on any atom is -0.378 e. The number of rotatable bonds is 7. The molecule has 6 nitrogen and oxygen atoms in total. The zero-order valence-corrected chi connectivity index (χ0v) is 15.0. The second-order valence-corrected chi connectivity index (χ2v) is 4.97. The maximum atomic E-state index is 5.60. The summed E-state index contributed by atoms with van der Waals surface area (Å²) in [6.45, 7) is 3.64. The van der Waals surface area contributed by atoms with E-state index in [1.165, 1.54) is 12.8 Å². The molecule has 1 saturated heterocycles. The third-order valence-electron chi connectivity index (χ3n) is 3.42. The molecule has 1 fully saturated rings. The van der Waals surface area contributed by atoms with Crippen molar-refractivity contribution in [2.75, 3.05) is 26.7 Å². The topological polar surface area (TPSA) is 63.5 Å². The Morgan fingerprint density at radius 3 is 2.95 bits per heavy atom. The highest BCUT2D eigenvalue weighted by Crippen LogP contribution is 2.14. The molecule has 1 atom stereocenters. The molecule has 0 amide bonds. The van der Waals surface area contributed by atoms with E-state index in [2.05, 4.69) is 20.7 Å². The van der Waals surface area contributed by atoms with E-state index in [1.54, 1.807) is 13.2 Å². The number of nitrogens with zero attached hydrogens (tertiary/aromatic N) is 3. The lowest BCUT2D eigenvalue weighted by molar-refractivity contribution is 0.105. The van der Waals surface area contributed by atoms with Gasteiger partial charge in [-0.25, -0.2) is 0 Å². The van der Waals surface area contributed by atoms with Gasteiger partial charge in [0.1, 0.15) is 0 Å². The Bertz CT molecular complexity index is 390. The number of hydrogen-bond acceptors (Lipinski definition) is 3. The van der Waals surface area contributed by atoms with Crippen molar-refractivity contribution in [1.82, 2.24) is 20.4 Å². The molecule has 7 heteroatoms. The normalized spacial score (nSPS) is 18.3. The monoisotopic (exact) mass is 407 g/mol. The smallest absolute Gasteiger partial charge is 0.190 e. The lowest BCUT2D eigenvalue weighted by Crippen LogP contribution is -2.39. The van der Waals surface area contributed by atoms with Crippen molar-refractivity contribution in [1.29, 1.82) is 0 Å². The zero-order chi connectivity index (χ0) is 14.0. The van der Waals surface area contributed by atoms with E-state index in [9.17, 15) is 0 Å². The summed E-state index contributed by atoms with van der Waals surface area (Å²) in [6.07, 6.45) is 8.68. The van der Waals surface area contributed by atoms with E-state index in [0.717, 1.165) is 45.0 Å². The van der Waals surface area contributed by atoms with Gasteiger partial charge in [0.15, 0.2) is 5.96 Å². The first-order valence-corrected chi connectivity index (χ1v) is 7.42. The molecule has 1 aromatic heterocycles. The molecule has 0 aliphatic carbocycles. The number of aliphatic imine (C=N–C) groups is 1. The minimum atomic E-state index is 0. The molecule has 1 unspecified atom stereocenters. The van der Waals surface area contributed by atoms with E-state index in [-0.39, 0.29) is 24.0 Å². The molecule has 120 valence electrons. The van der Waals surface area contributed by atoms with Gasteiger partial charge in [-0.3, -0.25) is 9.67 Å². The Morgan fingerprint density at radius 1 is 1.43 bits per heavy atom. The molecule has 0 saturated carbocycles. The van der Waals surface area contributed by atoms with Gasteiger partial charge in [0.05, 0.1) is 6.10 Å². The zero-order valence-electron chi connectivity index (χ0n) is 12.6. The largest absolute Gasteiger partial charge is 0.378 e. The van der Waals surface area contributed by atoms with Crippen LogP contribution in [0.2, 0.25) is 0 Å². The quantitative estimate of drug-likeness (QED) is 0.312. The molecule has 1 aliphatic heterocycles. The maximum absolute atomic E-state index is 5.60. The first kappa shape index (κ1) is 18.2. The lowest BCUT2D eigenvalue weighted by Gasteiger charge is -2.14. The third-order valence-corrected chi connectivity index (χ3v) is 3.42. The Labute approximate surface area is 143 Å². The maximum Gasteiger partial charge on any atom is 0.190 e. The van der Waals surface area contributed by atoms with E-state index >= 15 is 0 Å². The summed E-state index contributed by atoms with van der Waals surface area (Å²) in [7, 11) is 1.80. The van der Waals surface area contributed by atoms with Gasteiger partial charge >= 0.3 is 0 Å². The van der Waals surface area contributed by atoms with E-state index in [4.69, 9.17) is 4.74 Å². The number of nitrogens with one attached hydrogen (secondary N) is 2. The van der Waals surface area contributed by atoms with Gasteiger partial charge in [-0.2, -0.15) is 5.10 Å². The number of aromatic nitrogens is 2. The van der Waals surface area contributed by atoms with Gasteiger partial charge in [-0.05, 0) is 31.7 Å². The average Bonchev–Trinajstić information content (AvgIpc) is 3.14. The van der Waals surface area contributed by atoms with Gasteiger partial charge in [-0.1, -0.05) is 0 Å². The van der Waals surface area contributed by atoms with Crippen LogP contribution < -0.4 is 10.6 Å². The molecule has 21 heavy (non-hydrogen) atoms.